The van der Waals surface area contributed by atoms with Crippen LogP contribution in [0.2, 0.25) is 0 Å². The van der Waals surface area contributed by atoms with E-state index in [1.54, 1.807) is 22.8 Å². The van der Waals surface area contributed by atoms with Gasteiger partial charge in [0.2, 0.25) is 10.0 Å². The number of rotatable bonds is 6. The summed E-state index contributed by atoms with van der Waals surface area (Å²) in [5.41, 5.74) is 3.23. The van der Waals surface area contributed by atoms with E-state index in [9.17, 15) is 13.2 Å². The van der Waals surface area contributed by atoms with Gasteiger partial charge in [0, 0.05) is 18.3 Å². The predicted molar refractivity (Wildman–Crippen MR) is 112 cm³/mol. The van der Waals surface area contributed by atoms with Crippen molar-refractivity contribution in [2.75, 3.05) is 7.05 Å². The quantitative estimate of drug-likeness (QED) is 0.497. The Labute approximate surface area is 173 Å². The maximum atomic E-state index is 12.7. The van der Waals surface area contributed by atoms with Gasteiger partial charge in [0.1, 0.15) is 5.56 Å². The molecule has 4 aromatic rings. The summed E-state index contributed by atoms with van der Waals surface area (Å²) in [7, 11) is -2.20. The van der Waals surface area contributed by atoms with Gasteiger partial charge < -0.3 is 5.32 Å². The van der Waals surface area contributed by atoms with E-state index in [1.165, 1.54) is 25.4 Å². The van der Waals surface area contributed by atoms with Crippen LogP contribution in [0, 0.1) is 0 Å². The molecule has 8 nitrogen and oxygen atoms in total. The summed E-state index contributed by atoms with van der Waals surface area (Å²) in [4.78, 5) is 17.2. The number of benzene rings is 2. The highest BCUT2D eigenvalue weighted by molar-refractivity contribution is 7.89. The van der Waals surface area contributed by atoms with Gasteiger partial charge in [0.15, 0.2) is 5.65 Å². The molecule has 0 unspecified atom stereocenters. The summed E-state index contributed by atoms with van der Waals surface area (Å²) < 4.78 is 27.8. The molecule has 1 amide bonds. The molecule has 0 saturated carbocycles. The second-order valence-corrected chi connectivity index (χ2v) is 8.41. The van der Waals surface area contributed by atoms with Crippen molar-refractivity contribution in [3.05, 3.63) is 84.2 Å². The van der Waals surface area contributed by atoms with Crippen molar-refractivity contribution in [1.82, 2.24) is 24.6 Å². The first-order valence-corrected chi connectivity index (χ1v) is 10.7. The third-order valence-electron chi connectivity index (χ3n) is 4.65. The van der Waals surface area contributed by atoms with E-state index in [1.807, 2.05) is 36.4 Å². The number of fused-ring (bicyclic) bond motifs is 1. The zero-order chi connectivity index (χ0) is 21.1. The first kappa shape index (κ1) is 19.7. The fourth-order valence-electron chi connectivity index (χ4n) is 3.10. The maximum Gasteiger partial charge on any atom is 0.257 e. The van der Waals surface area contributed by atoms with E-state index in [0.29, 0.717) is 16.8 Å². The van der Waals surface area contributed by atoms with Crippen molar-refractivity contribution in [2.45, 2.75) is 11.4 Å². The van der Waals surface area contributed by atoms with Crippen LogP contribution in [0.5, 0.6) is 0 Å². The van der Waals surface area contributed by atoms with Gasteiger partial charge in [0.25, 0.3) is 5.91 Å². The third kappa shape index (κ3) is 3.80. The summed E-state index contributed by atoms with van der Waals surface area (Å²) in [6.07, 6.45) is 3.12. The van der Waals surface area contributed by atoms with Gasteiger partial charge in [-0.05, 0) is 30.8 Å². The largest absolute Gasteiger partial charge is 0.348 e. The molecular weight excluding hydrogens is 402 g/mol. The van der Waals surface area contributed by atoms with Gasteiger partial charge in [0.05, 0.1) is 16.8 Å². The van der Waals surface area contributed by atoms with Crippen LogP contribution in [-0.2, 0) is 16.6 Å². The molecule has 152 valence electrons. The molecule has 2 aromatic carbocycles. The number of nitrogens with zero attached hydrogens (tertiary/aromatic N) is 3. The second kappa shape index (κ2) is 8.05. The average molecular weight is 421 g/mol. The number of carbonyl (C=O) groups excluding carboxylic acids is 1. The fraction of sp³-hybridized carbons (Fsp3) is 0.0952. The Morgan fingerprint density at radius 1 is 1.07 bits per heavy atom. The third-order valence-corrected chi connectivity index (χ3v) is 6.06. The van der Waals surface area contributed by atoms with E-state index in [2.05, 4.69) is 20.1 Å². The van der Waals surface area contributed by atoms with Gasteiger partial charge in [-0.25, -0.2) is 22.6 Å². The molecule has 0 fully saturated rings. The Bertz CT molecular complexity index is 1320. The lowest BCUT2D eigenvalue weighted by molar-refractivity contribution is 0.0952. The van der Waals surface area contributed by atoms with E-state index in [-0.39, 0.29) is 17.3 Å². The first-order chi connectivity index (χ1) is 14.5. The van der Waals surface area contributed by atoms with Crippen molar-refractivity contribution in [3.63, 3.8) is 0 Å². The molecule has 0 aliphatic rings. The molecule has 0 spiro atoms. The zero-order valence-electron chi connectivity index (χ0n) is 16.1. The van der Waals surface area contributed by atoms with Crippen molar-refractivity contribution in [1.29, 1.82) is 0 Å². The second-order valence-electron chi connectivity index (χ2n) is 6.53. The van der Waals surface area contributed by atoms with Gasteiger partial charge in [-0.15, -0.1) is 0 Å². The van der Waals surface area contributed by atoms with E-state index in [4.69, 9.17) is 0 Å². The van der Waals surface area contributed by atoms with Crippen LogP contribution >= 0.6 is 0 Å². The van der Waals surface area contributed by atoms with Crippen LogP contribution in [0.25, 0.3) is 16.9 Å². The Morgan fingerprint density at radius 2 is 1.87 bits per heavy atom. The number of carbonyl (C=O) groups is 1. The molecule has 9 heteroatoms. The first-order valence-electron chi connectivity index (χ1n) is 9.18. The number of sulfonamides is 1. The predicted octanol–water partition coefficient (Wildman–Crippen LogP) is 2.23. The van der Waals surface area contributed by atoms with Gasteiger partial charge in [-0.3, -0.25) is 4.79 Å². The lowest BCUT2D eigenvalue weighted by Gasteiger charge is -2.08. The normalized spacial score (nSPS) is 11.5. The van der Waals surface area contributed by atoms with Gasteiger partial charge >= 0.3 is 0 Å². The van der Waals surface area contributed by atoms with Gasteiger partial charge in [-0.2, -0.15) is 5.10 Å². The number of hydrogen-bond acceptors (Lipinski definition) is 5. The lowest BCUT2D eigenvalue weighted by Crippen LogP contribution is -2.23. The Morgan fingerprint density at radius 3 is 2.63 bits per heavy atom. The Hall–Kier alpha value is -3.56. The molecule has 0 bridgehead atoms. The molecular formula is C21H19N5O3S. The van der Waals surface area contributed by atoms with Crippen LogP contribution in [0.15, 0.2) is 78.0 Å². The Kier molecular flexibility index (Phi) is 5.30. The fourth-order valence-corrected chi connectivity index (χ4v) is 3.90. The van der Waals surface area contributed by atoms with Crippen LogP contribution in [0.3, 0.4) is 0 Å². The minimum absolute atomic E-state index is 0.141. The smallest absolute Gasteiger partial charge is 0.257 e. The number of hydrogen-bond donors (Lipinski definition) is 2. The van der Waals surface area contributed by atoms with Crippen LogP contribution in [0.1, 0.15) is 15.9 Å². The minimum Gasteiger partial charge on any atom is -0.348 e. The molecule has 0 saturated heterocycles. The summed E-state index contributed by atoms with van der Waals surface area (Å²) in [6.45, 7) is 0.168. The van der Waals surface area contributed by atoms with Gasteiger partial charge in [-0.1, -0.05) is 42.5 Å². The molecule has 0 radical (unpaired) electrons. The number of nitrogens with one attached hydrogen (secondary N) is 2. The molecule has 4 rings (SSSR count). The summed E-state index contributed by atoms with van der Waals surface area (Å²) in [6, 6.07) is 18.0. The van der Waals surface area contributed by atoms with Crippen molar-refractivity contribution in [3.8, 4) is 11.3 Å². The van der Waals surface area contributed by atoms with Crippen LogP contribution < -0.4 is 10.0 Å². The van der Waals surface area contributed by atoms with Crippen molar-refractivity contribution >= 4 is 21.6 Å². The monoisotopic (exact) mass is 421 g/mol. The summed E-state index contributed by atoms with van der Waals surface area (Å²) in [5.74, 6) is -0.343. The van der Waals surface area contributed by atoms with Crippen LogP contribution in [-0.4, -0.2) is 36.0 Å². The molecule has 0 aliphatic carbocycles. The van der Waals surface area contributed by atoms with E-state index in [0.717, 1.165) is 11.3 Å². The minimum atomic E-state index is -3.55. The molecule has 2 heterocycles. The highest BCUT2D eigenvalue weighted by Crippen LogP contribution is 2.20. The number of amides is 1. The Balaban J connectivity index is 1.57. The topological polar surface area (TPSA) is 105 Å². The molecule has 2 aromatic heterocycles. The average Bonchev–Trinajstić information content (AvgIpc) is 3.22. The molecule has 0 aliphatic heterocycles. The van der Waals surface area contributed by atoms with E-state index >= 15 is 0 Å². The van der Waals surface area contributed by atoms with E-state index < -0.39 is 10.0 Å². The maximum absolute atomic E-state index is 12.7. The summed E-state index contributed by atoms with van der Waals surface area (Å²) >= 11 is 0. The van der Waals surface area contributed by atoms with Crippen LogP contribution in [0.4, 0.5) is 0 Å². The SMILES string of the molecule is CNS(=O)(=O)c1cccc(CNC(=O)c2cnn3c(-c4ccccc4)ccnc23)c1. The van der Waals surface area contributed by atoms with Crippen molar-refractivity contribution < 1.29 is 13.2 Å². The standard InChI is InChI=1S/C21H19N5O3S/c1-22-30(28,29)17-9-5-6-15(12-17)13-24-21(27)18-14-25-26-19(10-11-23-20(18)26)16-7-3-2-4-8-16/h2-12,14,22H,13H2,1H3,(H,24,27). The molecule has 0 atom stereocenters. The highest BCUT2D eigenvalue weighted by Gasteiger charge is 2.17. The zero-order valence-corrected chi connectivity index (χ0v) is 16.9. The molecule has 30 heavy (non-hydrogen) atoms. The van der Waals surface area contributed by atoms with Crippen molar-refractivity contribution in [2.24, 2.45) is 0 Å². The lowest BCUT2D eigenvalue weighted by atomic mass is 10.1. The highest BCUT2D eigenvalue weighted by atomic mass is 32.2. The summed E-state index contributed by atoms with van der Waals surface area (Å²) in [5, 5.41) is 7.14. The molecule has 2 N–H and O–H groups in total. The number of aromatic nitrogens is 3.